The SMILES string of the molecule is CCOC(=O)C(C[C@@H](c1ccccc1)c1ccc(OC)cc1)NS(=O)(=O)N(C)C. The summed E-state index contributed by atoms with van der Waals surface area (Å²) in [6, 6.07) is 16.1. The smallest absolute Gasteiger partial charge is 0.324 e. The normalized spacial score (nSPS) is 13.7. The highest BCUT2D eigenvalue weighted by atomic mass is 32.2. The number of carbonyl (C=O) groups is 1. The first-order valence-corrected chi connectivity index (χ1v) is 10.8. The van der Waals surface area contributed by atoms with E-state index in [4.69, 9.17) is 9.47 Å². The third-order valence-corrected chi connectivity index (χ3v) is 6.08. The van der Waals surface area contributed by atoms with Gasteiger partial charge < -0.3 is 9.47 Å². The van der Waals surface area contributed by atoms with Crippen molar-refractivity contribution in [3.05, 3.63) is 65.7 Å². The average Bonchev–Trinajstić information content (AvgIpc) is 2.71. The van der Waals surface area contributed by atoms with Crippen LogP contribution in [-0.4, -0.2) is 52.5 Å². The first kappa shape index (κ1) is 22.9. The van der Waals surface area contributed by atoms with Crippen LogP contribution in [0.4, 0.5) is 0 Å². The lowest BCUT2D eigenvalue weighted by Gasteiger charge is -2.25. The summed E-state index contributed by atoms with van der Waals surface area (Å²) in [5, 5.41) is 0. The minimum atomic E-state index is -3.82. The lowest BCUT2D eigenvalue weighted by atomic mass is 9.86. The number of nitrogens with zero attached hydrogens (tertiary/aromatic N) is 1. The van der Waals surface area contributed by atoms with Crippen LogP contribution < -0.4 is 9.46 Å². The van der Waals surface area contributed by atoms with E-state index in [2.05, 4.69) is 4.72 Å². The van der Waals surface area contributed by atoms with Crippen molar-refractivity contribution in [2.24, 2.45) is 0 Å². The fraction of sp³-hybridized carbons (Fsp3) is 0.381. The van der Waals surface area contributed by atoms with Crippen LogP contribution in [0.5, 0.6) is 5.75 Å². The summed E-state index contributed by atoms with van der Waals surface area (Å²) < 4.78 is 38.6. The lowest BCUT2D eigenvalue weighted by Crippen LogP contribution is -2.47. The van der Waals surface area contributed by atoms with E-state index in [1.165, 1.54) is 14.1 Å². The molecule has 1 N–H and O–H groups in total. The van der Waals surface area contributed by atoms with E-state index in [1.807, 2.05) is 54.6 Å². The summed E-state index contributed by atoms with van der Waals surface area (Å²) in [4.78, 5) is 12.6. The second-order valence-corrected chi connectivity index (χ2v) is 8.60. The molecule has 8 heteroatoms. The van der Waals surface area contributed by atoms with Gasteiger partial charge in [0.25, 0.3) is 10.2 Å². The summed E-state index contributed by atoms with van der Waals surface area (Å²) in [5.41, 5.74) is 1.91. The number of methoxy groups -OCH3 is 1. The predicted octanol–water partition coefficient (Wildman–Crippen LogP) is 2.54. The molecule has 2 atom stereocenters. The van der Waals surface area contributed by atoms with Gasteiger partial charge in [0, 0.05) is 20.0 Å². The summed E-state index contributed by atoms with van der Waals surface area (Å²) in [5.74, 6) is -0.107. The Bertz CT molecular complexity index is 883. The van der Waals surface area contributed by atoms with Crippen LogP contribution in [0.15, 0.2) is 54.6 Å². The zero-order valence-corrected chi connectivity index (χ0v) is 18.0. The van der Waals surface area contributed by atoms with Crippen molar-refractivity contribution in [2.45, 2.75) is 25.3 Å². The van der Waals surface area contributed by atoms with Crippen LogP contribution in [0, 0.1) is 0 Å². The van der Waals surface area contributed by atoms with E-state index >= 15 is 0 Å². The molecule has 7 nitrogen and oxygen atoms in total. The minimum Gasteiger partial charge on any atom is -0.497 e. The molecule has 2 aromatic rings. The molecule has 0 bridgehead atoms. The Kier molecular flexibility index (Phi) is 8.19. The number of esters is 1. The highest BCUT2D eigenvalue weighted by Gasteiger charge is 2.31. The Morgan fingerprint density at radius 2 is 1.62 bits per heavy atom. The molecule has 0 heterocycles. The van der Waals surface area contributed by atoms with Gasteiger partial charge in [0.2, 0.25) is 0 Å². The monoisotopic (exact) mass is 420 g/mol. The maximum absolute atomic E-state index is 12.6. The molecular weight excluding hydrogens is 392 g/mol. The summed E-state index contributed by atoms with van der Waals surface area (Å²) >= 11 is 0. The number of benzene rings is 2. The predicted molar refractivity (Wildman–Crippen MR) is 112 cm³/mol. The van der Waals surface area contributed by atoms with Crippen LogP contribution in [0.2, 0.25) is 0 Å². The maximum atomic E-state index is 12.6. The Morgan fingerprint density at radius 1 is 1.03 bits per heavy atom. The van der Waals surface area contributed by atoms with E-state index in [0.717, 1.165) is 21.2 Å². The Morgan fingerprint density at radius 3 is 2.14 bits per heavy atom. The zero-order valence-electron chi connectivity index (χ0n) is 17.2. The van der Waals surface area contributed by atoms with Crippen LogP contribution in [-0.2, 0) is 19.7 Å². The number of hydrogen-bond acceptors (Lipinski definition) is 5. The van der Waals surface area contributed by atoms with Gasteiger partial charge in [-0.3, -0.25) is 4.79 Å². The van der Waals surface area contributed by atoms with Gasteiger partial charge in [-0.05, 0) is 36.6 Å². The quantitative estimate of drug-likeness (QED) is 0.597. The minimum absolute atomic E-state index is 0.164. The molecule has 0 spiro atoms. The standard InChI is InChI=1S/C21H28N2O5S/c1-5-28-21(24)20(22-29(25,26)23(2)3)15-19(16-9-7-6-8-10-16)17-11-13-18(27-4)14-12-17/h6-14,19-20,22H,5,15H2,1-4H3/t19-,20?/m0/s1. The first-order valence-electron chi connectivity index (χ1n) is 9.33. The molecule has 0 aliphatic carbocycles. The summed E-state index contributed by atoms with van der Waals surface area (Å²) in [6.07, 6.45) is 0.211. The molecule has 0 radical (unpaired) electrons. The molecule has 0 fully saturated rings. The molecule has 158 valence electrons. The highest BCUT2D eigenvalue weighted by Crippen LogP contribution is 2.31. The summed E-state index contributed by atoms with van der Waals surface area (Å²) in [7, 11) is 0.586. The van der Waals surface area contributed by atoms with Gasteiger partial charge in [0.15, 0.2) is 0 Å². The first-order chi connectivity index (χ1) is 13.8. The van der Waals surface area contributed by atoms with Gasteiger partial charge >= 0.3 is 5.97 Å². The molecule has 1 unspecified atom stereocenters. The van der Waals surface area contributed by atoms with E-state index < -0.39 is 22.2 Å². The number of hydrogen-bond donors (Lipinski definition) is 1. The number of nitrogens with one attached hydrogen (secondary N) is 1. The fourth-order valence-electron chi connectivity index (χ4n) is 2.94. The maximum Gasteiger partial charge on any atom is 0.324 e. The van der Waals surface area contributed by atoms with Gasteiger partial charge in [0.05, 0.1) is 13.7 Å². The second-order valence-electron chi connectivity index (χ2n) is 6.68. The Labute approximate surface area is 172 Å². The Balaban J connectivity index is 2.42. The van der Waals surface area contributed by atoms with Crippen LogP contribution in [0.3, 0.4) is 0 Å². The molecular formula is C21H28N2O5S. The van der Waals surface area contributed by atoms with Crippen molar-refractivity contribution in [2.75, 3.05) is 27.8 Å². The average molecular weight is 421 g/mol. The fourth-order valence-corrected chi connectivity index (χ4v) is 3.71. The van der Waals surface area contributed by atoms with Crippen molar-refractivity contribution < 1.29 is 22.7 Å². The molecule has 0 aromatic heterocycles. The Hall–Kier alpha value is -2.42. The molecule has 0 aliphatic heterocycles. The molecule has 0 saturated carbocycles. The van der Waals surface area contributed by atoms with Gasteiger partial charge in [-0.1, -0.05) is 42.5 Å². The molecule has 0 amide bonds. The van der Waals surface area contributed by atoms with Crippen LogP contribution >= 0.6 is 0 Å². The van der Waals surface area contributed by atoms with Gasteiger partial charge in [0.1, 0.15) is 11.8 Å². The molecule has 2 rings (SSSR count). The topological polar surface area (TPSA) is 84.9 Å². The summed E-state index contributed by atoms with van der Waals surface area (Å²) in [6.45, 7) is 1.85. The number of carbonyl (C=O) groups excluding carboxylic acids is 1. The van der Waals surface area contributed by atoms with E-state index in [-0.39, 0.29) is 18.9 Å². The largest absolute Gasteiger partial charge is 0.497 e. The van der Waals surface area contributed by atoms with Crippen molar-refractivity contribution in [1.82, 2.24) is 9.03 Å². The van der Waals surface area contributed by atoms with E-state index in [9.17, 15) is 13.2 Å². The number of rotatable bonds is 10. The van der Waals surface area contributed by atoms with Crippen molar-refractivity contribution >= 4 is 16.2 Å². The third kappa shape index (κ3) is 6.28. The lowest BCUT2D eigenvalue weighted by molar-refractivity contribution is -0.145. The van der Waals surface area contributed by atoms with Gasteiger partial charge in [-0.25, -0.2) is 0 Å². The van der Waals surface area contributed by atoms with Gasteiger partial charge in [-0.2, -0.15) is 17.4 Å². The molecule has 0 aliphatic rings. The van der Waals surface area contributed by atoms with Crippen molar-refractivity contribution in [1.29, 1.82) is 0 Å². The molecule has 0 saturated heterocycles. The van der Waals surface area contributed by atoms with Gasteiger partial charge in [-0.15, -0.1) is 0 Å². The van der Waals surface area contributed by atoms with Crippen molar-refractivity contribution in [3.63, 3.8) is 0 Å². The zero-order chi connectivity index (χ0) is 21.4. The van der Waals surface area contributed by atoms with E-state index in [0.29, 0.717) is 0 Å². The second kappa shape index (κ2) is 10.4. The van der Waals surface area contributed by atoms with Crippen molar-refractivity contribution in [3.8, 4) is 5.75 Å². The molecule has 2 aromatic carbocycles. The highest BCUT2D eigenvalue weighted by molar-refractivity contribution is 7.87. The van der Waals surface area contributed by atoms with Crippen LogP contribution in [0.25, 0.3) is 0 Å². The third-order valence-electron chi connectivity index (χ3n) is 4.53. The molecule has 29 heavy (non-hydrogen) atoms. The van der Waals surface area contributed by atoms with E-state index in [1.54, 1.807) is 14.0 Å². The van der Waals surface area contributed by atoms with Crippen LogP contribution in [0.1, 0.15) is 30.4 Å². The number of ether oxygens (including phenoxy) is 2.